The van der Waals surface area contributed by atoms with Crippen molar-refractivity contribution in [1.29, 1.82) is 0 Å². The van der Waals surface area contributed by atoms with Crippen LogP contribution in [0.2, 0.25) is 0 Å². The number of hydrogen-bond donors (Lipinski definition) is 1. The van der Waals surface area contributed by atoms with Crippen molar-refractivity contribution in [3.05, 3.63) is 52.4 Å². The van der Waals surface area contributed by atoms with Gasteiger partial charge >= 0.3 is 0 Å². The second kappa shape index (κ2) is 6.63. The lowest BCUT2D eigenvalue weighted by molar-refractivity contribution is 0.425. The summed E-state index contributed by atoms with van der Waals surface area (Å²) in [7, 11) is 0. The monoisotopic (exact) mass is 324 g/mol. The van der Waals surface area contributed by atoms with Gasteiger partial charge in [0.1, 0.15) is 0 Å². The molecule has 1 aromatic heterocycles. The van der Waals surface area contributed by atoms with E-state index in [9.17, 15) is 4.39 Å². The van der Waals surface area contributed by atoms with Crippen LogP contribution in [0.25, 0.3) is 0 Å². The van der Waals surface area contributed by atoms with Crippen molar-refractivity contribution in [2.75, 3.05) is 6.54 Å². The van der Waals surface area contributed by atoms with Crippen LogP contribution in [0.1, 0.15) is 12.6 Å². The van der Waals surface area contributed by atoms with Crippen molar-refractivity contribution in [2.45, 2.75) is 13.5 Å². The molecule has 2 rings (SSSR count). The fourth-order valence-corrected chi connectivity index (χ4v) is 1.87. The van der Waals surface area contributed by atoms with E-state index in [1.807, 2.05) is 19.1 Å². The number of halogens is 2. The van der Waals surface area contributed by atoms with Crippen molar-refractivity contribution >= 4 is 15.9 Å². The molecule has 1 N–H and O–H groups in total. The molecule has 100 valence electrons. The number of pyridine rings is 1. The molecule has 2 aromatic rings. The van der Waals surface area contributed by atoms with Crippen molar-refractivity contribution in [3.8, 4) is 11.6 Å². The van der Waals surface area contributed by atoms with E-state index >= 15 is 0 Å². The van der Waals surface area contributed by atoms with Crippen LogP contribution in [0.15, 0.2) is 40.9 Å². The molecule has 0 aliphatic heterocycles. The molecule has 1 heterocycles. The van der Waals surface area contributed by atoms with E-state index in [-0.39, 0.29) is 5.75 Å². The molecule has 0 radical (unpaired) electrons. The molecule has 5 heteroatoms. The van der Waals surface area contributed by atoms with Crippen LogP contribution in [0.3, 0.4) is 0 Å². The molecule has 0 aliphatic rings. The molecule has 0 unspecified atom stereocenters. The Kier molecular flexibility index (Phi) is 4.87. The van der Waals surface area contributed by atoms with Crippen LogP contribution < -0.4 is 10.1 Å². The van der Waals surface area contributed by atoms with Crippen molar-refractivity contribution < 1.29 is 9.13 Å². The fraction of sp³-hybridized carbons (Fsp3) is 0.214. The summed E-state index contributed by atoms with van der Waals surface area (Å²) >= 11 is 3.28. The first-order chi connectivity index (χ1) is 9.19. The number of aromatic nitrogens is 1. The predicted octanol–water partition coefficient (Wildman–Crippen LogP) is 3.89. The number of hydrogen-bond acceptors (Lipinski definition) is 3. The molecule has 0 spiro atoms. The van der Waals surface area contributed by atoms with Gasteiger partial charge in [-0.1, -0.05) is 28.9 Å². The Morgan fingerprint density at radius 3 is 2.95 bits per heavy atom. The molecule has 19 heavy (non-hydrogen) atoms. The molecule has 0 aliphatic carbocycles. The first kappa shape index (κ1) is 14.0. The normalized spacial score (nSPS) is 10.5. The van der Waals surface area contributed by atoms with Gasteiger partial charge in [-0.25, -0.2) is 9.37 Å². The molecular formula is C14H14BrFN2O. The lowest BCUT2D eigenvalue weighted by Crippen LogP contribution is -2.12. The Hall–Kier alpha value is -1.46. The molecular weight excluding hydrogens is 311 g/mol. The number of benzene rings is 1. The van der Waals surface area contributed by atoms with Crippen LogP contribution >= 0.6 is 15.9 Å². The standard InChI is InChI=1S/C14H14BrFN2O/c1-2-17-9-11-4-3-5-14(18-11)19-13-8-10(15)6-7-12(13)16/h3-8,17H,2,9H2,1H3. The zero-order valence-corrected chi connectivity index (χ0v) is 12.1. The third-order valence-electron chi connectivity index (χ3n) is 2.45. The Bertz CT molecular complexity index is 563. The third-order valence-corrected chi connectivity index (χ3v) is 2.94. The van der Waals surface area contributed by atoms with Crippen LogP contribution in [-0.4, -0.2) is 11.5 Å². The van der Waals surface area contributed by atoms with Gasteiger partial charge < -0.3 is 10.1 Å². The minimum absolute atomic E-state index is 0.155. The van der Waals surface area contributed by atoms with E-state index in [2.05, 4.69) is 26.2 Å². The predicted molar refractivity (Wildman–Crippen MR) is 75.8 cm³/mol. The second-order valence-electron chi connectivity index (χ2n) is 3.92. The molecule has 0 saturated heterocycles. The Balaban J connectivity index is 2.16. The zero-order chi connectivity index (χ0) is 13.7. The van der Waals surface area contributed by atoms with Gasteiger partial charge in [0.05, 0.1) is 5.69 Å². The summed E-state index contributed by atoms with van der Waals surface area (Å²) in [6.45, 7) is 3.55. The van der Waals surface area contributed by atoms with Crippen molar-refractivity contribution in [2.24, 2.45) is 0 Å². The van der Waals surface area contributed by atoms with Gasteiger partial charge in [-0.15, -0.1) is 0 Å². The maximum absolute atomic E-state index is 13.6. The number of nitrogens with zero attached hydrogens (tertiary/aromatic N) is 1. The average Bonchev–Trinajstić information content (AvgIpc) is 2.41. The Labute approximate surface area is 119 Å². The van der Waals surface area contributed by atoms with E-state index in [0.717, 1.165) is 16.7 Å². The van der Waals surface area contributed by atoms with Gasteiger partial charge in [-0.2, -0.15) is 0 Å². The summed E-state index contributed by atoms with van der Waals surface area (Å²) in [5.74, 6) is 0.122. The SMILES string of the molecule is CCNCc1cccc(Oc2cc(Br)ccc2F)n1. The Morgan fingerprint density at radius 2 is 2.16 bits per heavy atom. The fourth-order valence-electron chi connectivity index (χ4n) is 1.53. The number of nitrogens with one attached hydrogen (secondary N) is 1. The van der Waals surface area contributed by atoms with Gasteiger partial charge in [-0.05, 0) is 30.8 Å². The number of rotatable bonds is 5. The van der Waals surface area contributed by atoms with E-state index in [4.69, 9.17) is 4.74 Å². The average molecular weight is 325 g/mol. The minimum atomic E-state index is -0.415. The van der Waals surface area contributed by atoms with Crippen molar-refractivity contribution in [1.82, 2.24) is 10.3 Å². The summed E-state index contributed by atoms with van der Waals surface area (Å²) in [5.41, 5.74) is 0.856. The highest BCUT2D eigenvalue weighted by Crippen LogP contribution is 2.26. The molecule has 0 saturated carbocycles. The van der Waals surface area contributed by atoms with E-state index in [0.29, 0.717) is 12.4 Å². The first-order valence-corrected chi connectivity index (χ1v) is 6.78. The largest absolute Gasteiger partial charge is 0.436 e. The smallest absolute Gasteiger partial charge is 0.219 e. The lowest BCUT2D eigenvalue weighted by atomic mass is 10.3. The minimum Gasteiger partial charge on any atom is -0.436 e. The van der Waals surface area contributed by atoms with E-state index in [1.54, 1.807) is 18.2 Å². The van der Waals surface area contributed by atoms with Crippen LogP contribution in [0, 0.1) is 5.82 Å². The maximum Gasteiger partial charge on any atom is 0.219 e. The molecule has 1 aromatic carbocycles. The first-order valence-electron chi connectivity index (χ1n) is 5.98. The molecule has 0 atom stereocenters. The van der Waals surface area contributed by atoms with E-state index in [1.165, 1.54) is 6.07 Å². The van der Waals surface area contributed by atoms with Gasteiger partial charge in [0.15, 0.2) is 11.6 Å². The highest BCUT2D eigenvalue weighted by atomic mass is 79.9. The lowest BCUT2D eigenvalue weighted by Gasteiger charge is -2.08. The quantitative estimate of drug-likeness (QED) is 0.906. The highest BCUT2D eigenvalue weighted by molar-refractivity contribution is 9.10. The summed E-state index contributed by atoms with van der Waals surface area (Å²) in [6.07, 6.45) is 0. The second-order valence-corrected chi connectivity index (χ2v) is 4.84. The van der Waals surface area contributed by atoms with Crippen LogP contribution in [-0.2, 0) is 6.54 Å². The Morgan fingerprint density at radius 1 is 1.32 bits per heavy atom. The molecule has 3 nitrogen and oxygen atoms in total. The van der Waals surface area contributed by atoms with Crippen LogP contribution in [0.5, 0.6) is 11.6 Å². The van der Waals surface area contributed by atoms with Gasteiger partial charge in [-0.3, -0.25) is 0 Å². The highest BCUT2D eigenvalue weighted by Gasteiger charge is 2.06. The summed E-state index contributed by atoms with van der Waals surface area (Å²) in [6, 6.07) is 9.99. The van der Waals surface area contributed by atoms with Crippen LogP contribution in [0.4, 0.5) is 4.39 Å². The van der Waals surface area contributed by atoms with Gasteiger partial charge in [0.2, 0.25) is 5.88 Å². The maximum atomic E-state index is 13.6. The molecule has 0 amide bonds. The van der Waals surface area contributed by atoms with Gasteiger partial charge in [0, 0.05) is 17.1 Å². The summed E-state index contributed by atoms with van der Waals surface area (Å²) < 4.78 is 19.8. The summed E-state index contributed by atoms with van der Waals surface area (Å²) in [4.78, 5) is 4.31. The van der Waals surface area contributed by atoms with E-state index < -0.39 is 5.82 Å². The van der Waals surface area contributed by atoms with Gasteiger partial charge in [0.25, 0.3) is 0 Å². The zero-order valence-electron chi connectivity index (χ0n) is 10.5. The number of ether oxygens (including phenoxy) is 1. The van der Waals surface area contributed by atoms with Crippen molar-refractivity contribution in [3.63, 3.8) is 0 Å². The summed E-state index contributed by atoms with van der Waals surface area (Å²) in [5, 5.41) is 3.18. The topological polar surface area (TPSA) is 34.1 Å². The molecule has 0 fully saturated rings. The molecule has 0 bridgehead atoms. The third kappa shape index (κ3) is 4.01.